The van der Waals surface area contributed by atoms with Crippen LogP contribution in [0.25, 0.3) is 0 Å². The summed E-state index contributed by atoms with van der Waals surface area (Å²) in [5, 5.41) is 0. The molecule has 0 aromatic heterocycles. The average molecular weight is 388 g/mol. The van der Waals surface area contributed by atoms with Gasteiger partial charge in [-0.2, -0.15) is 0 Å². The second kappa shape index (κ2) is 8.54. The molecule has 1 saturated carbocycles. The Labute approximate surface area is 168 Å². The van der Waals surface area contributed by atoms with Crippen molar-refractivity contribution in [1.82, 2.24) is 4.90 Å². The first kappa shape index (κ1) is 20.7. The van der Waals surface area contributed by atoms with Crippen molar-refractivity contribution < 1.29 is 19.1 Å². The van der Waals surface area contributed by atoms with Gasteiger partial charge in [-0.3, -0.25) is 4.79 Å². The summed E-state index contributed by atoms with van der Waals surface area (Å²) in [6, 6.07) is 9.76. The second-order valence-corrected chi connectivity index (χ2v) is 9.33. The Morgan fingerprint density at radius 3 is 2.21 bits per heavy atom. The molecule has 0 radical (unpaired) electrons. The Balaban J connectivity index is 1.42. The molecule has 2 aliphatic rings. The van der Waals surface area contributed by atoms with Gasteiger partial charge in [-0.15, -0.1) is 0 Å². The van der Waals surface area contributed by atoms with E-state index in [1.165, 1.54) is 0 Å². The fourth-order valence-electron chi connectivity index (χ4n) is 4.33. The zero-order valence-corrected chi connectivity index (χ0v) is 17.4. The molecule has 2 fully saturated rings. The number of hydrogen-bond acceptors (Lipinski definition) is 4. The van der Waals surface area contributed by atoms with Gasteiger partial charge in [0.25, 0.3) is 0 Å². The number of carbonyl (C=O) groups is 2. The predicted octanol–water partition coefficient (Wildman–Crippen LogP) is 4.94. The highest BCUT2D eigenvalue weighted by molar-refractivity contribution is 5.73. The summed E-state index contributed by atoms with van der Waals surface area (Å²) in [6.45, 7) is 7.56. The van der Waals surface area contributed by atoms with Gasteiger partial charge in [0.15, 0.2) is 0 Å². The molecule has 1 heterocycles. The van der Waals surface area contributed by atoms with Gasteiger partial charge in [0, 0.05) is 13.1 Å². The molecule has 3 rings (SSSR count). The number of nitrogens with zero attached hydrogens (tertiary/aromatic N) is 1. The normalized spacial score (nSPS) is 20.0. The van der Waals surface area contributed by atoms with E-state index in [2.05, 4.69) is 0 Å². The zero-order valence-electron chi connectivity index (χ0n) is 17.4. The van der Waals surface area contributed by atoms with E-state index in [1.807, 2.05) is 56.0 Å². The fourth-order valence-corrected chi connectivity index (χ4v) is 4.33. The van der Waals surface area contributed by atoms with Crippen LogP contribution in [-0.4, -0.2) is 35.7 Å². The van der Waals surface area contributed by atoms with Crippen LogP contribution in [0.5, 0.6) is 0 Å². The van der Waals surface area contributed by atoms with Crippen LogP contribution in [0.1, 0.15) is 64.9 Å². The maximum atomic E-state index is 12.4. The number of likely N-dealkylation sites (tertiary alicyclic amines) is 1. The minimum absolute atomic E-state index is 0.0266. The average Bonchev–Trinajstić information content (AvgIpc) is 2.67. The third-order valence-corrected chi connectivity index (χ3v) is 6.07. The standard InChI is InChI=1S/C23H33NO4/c1-22(2,3)28-20(25)19-9-11-23(12-10-19)13-15-24(16-14-23)21(26)27-17-18-7-5-4-6-8-18/h4-8,19H,9-17H2,1-3H3. The molecule has 0 unspecified atom stereocenters. The van der Waals surface area contributed by atoms with Gasteiger partial charge in [0.1, 0.15) is 12.2 Å². The van der Waals surface area contributed by atoms with E-state index in [-0.39, 0.29) is 23.4 Å². The number of ether oxygens (including phenoxy) is 2. The summed E-state index contributed by atoms with van der Waals surface area (Å²) in [7, 11) is 0. The maximum Gasteiger partial charge on any atom is 0.410 e. The van der Waals surface area contributed by atoms with E-state index < -0.39 is 5.60 Å². The van der Waals surface area contributed by atoms with E-state index in [4.69, 9.17) is 9.47 Å². The number of benzene rings is 1. The van der Waals surface area contributed by atoms with E-state index in [1.54, 1.807) is 0 Å². The highest BCUT2D eigenvalue weighted by Crippen LogP contribution is 2.46. The first-order valence-corrected chi connectivity index (χ1v) is 10.4. The van der Waals surface area contributed by atoms with Crippen molar-refractivity contribution >= 4 is 12.1 Å². The molecule has 1 amide bonds. The molecule has 154 valence electrons. The van der Waals surface area contributed by atoms with Crippen LogP contribution in [-0.2, 0) is 20.9 Å². The second-order valence-electron chi connectivity index (χ2n) is 9.33. The molecule has 0 atom stereocenters. The van der Waals surface area contributed by atoms with Crippen LogP contribution in [0.2, 0.25) is 0 Å². The third kappa shape index (κ3) is 5.49. The summed E-state index contributed by atoms with van der Waals surface area (Å²) in [5.74, 6) is -0.0250. The van der Waals surface area contributed by atoms with Crippen molar-refractivity contribution in [2.24, 2.45) is 11.3 Å². The zero-order chi connectivity index (χ0) is 20.2. The van der Waals surface area contributed by atoms with Crippen LogP contribution in [0.15, 0.2) is 30.3 Å². The Morgan fingerprint density at radius 2 is 1.64 bits per heavy atom. The van der Waals surface area contributed by atoms with Crippen molar-refractivity contribution in [3.63, 3.8) is 0 Å². The summed E-state index contributed by atoms with van der Waals surface area (Å²) < 4.78 is 11.0. The first-order valence-electron chi connectivity index (χ1n) is 10.4. The Kier molecular flexibility index (Phi) is 6.31. The highest BCUT2D eigenvalue weighted by atomic mass is 16.6. The number of carbonyl (C=O) groups excluding carboxylic acids is 2. The molecule has 5 heteroatoms. The maximum absolute atomic E-state index is 12.4. The van der Waals surface area contributed by atoms with Crippen LogP contribution in [0.4, 0.5) is 4.79 Å². The SMILES string of the molecule is CC(C)(C)OC(=O)C1CCC2(CC1)CCN(C(=O)OCc1ccccc1)CC2. The van der Waals surface area contributed by atoms with Crippen molar-refractivity contribution in [2.75, 3.05) is 13.1 Å². The lowest BCUT2D eigenvalue weighted by molar-refractivity contribution is -0.162. The van der Waals surface area contributed by atoms with E-state index in [9.17, 15) is 9.59 Å². The van der Waals surface area contributed by atoms with Crippen LogP contribution in [0, 0.1) is 11.3 Å². The summed E-state index contributed by atoms with van der Waals surface area (Å²) >= 11 is 0. The minimum Gasteiger partial charge on any atom is -0.460 e. The molecule has 0 bridgehead atoms. The van der Waals surface area contributed by atoms with Crippen molar-refractivity contribution in [1.29, 1.82) is 0 Å². The summed E-state index contributed by atoms with van der Waals surface area (Å²) in [6.07, 6.45) is 5.65. The van der Waals surface area contributed by atoms with E-state index >= 15 is 0 Å². The molecule has 0 N–H and O–H groups in total. The molecule has 1 aliphatic heterocycles. The first-order chi connectivity index (χ1) is 13.3. The molecular formula is C23H33NO4. The van der Waals surface area contributed by atoms with Gasteiger partial charge < -0.3 is 14.4 Å². The van der Waals surface area contributed by atoms with Crippen molar-refractivity contribution in [3.05, 3.63) is 35.9 Å². The van der Waals surface area contributed by atoms with Gasteiger partial charge in [0.05, 0.1) is 5.92 Å². The molecule has 1 aromatic carbocycles. The number of amides is 1. The third-order valence-electron chi connectivity index (χ3n) is 6.07. The molecule has 5 nitrogen and oxygen atoms in total. The lowest BCUT2D eigenvalue weighted by atomic mass is 9.65. The summed E-state index contributed by atoms with van der Waals surface area (Å²) in [5.41, 5.74) is 0.858. The number of esters is 1. The Bertz CT molecular complexity index is 662. The number of piperidine rings is 1. The van der Waals surface area contributed by atoms with Gasteiger partial charge in [-0.25, -0.2) is 4.79 Å². The van der Waals surface area contributed by atoms with E-state index in [0.717, 1.165) is 57.2 Å². The Hall–Kier alpha value is -2.04. The monoisotopic (exact) mass is 387 g/mol. The molecule has 1 spiro atoms. The van der Waals surface area contributed by atoms with Crippen LogP contribution >= 0.6 is 0 Å². The quantitative estimate of drug-likeness (QED) is 0.690. The van der Waals surface area contributed by atoms with Crippen molar-refractivity contribution in [2.45, 2.75) is 71.5 Å². The van der Waals surface area contributed by atoms with Crippen LogP contribution in [0.3, 0.4) is 0 Å². The van der Waals surface area contributed by atoms with Crippen LogP contribution < -0.4 is 0 Å². The topological polar surface area (TPSA) is 55.8 Å². The minimum atomic E-state index is -0.419. The Morgan fingerprint density at radius 1 is 1.04 bits per heavy atom. The lowest BCUT2D eigenvalue weighted by Crippen LogP contribution is -2.45. The molecular weight excluding hydrogens is 354 g/mol. The molecule has 1 aliphatic carbocycles. The van der Waals surface area contributed by atoms with Gasteiger partial charge in [0.2, 0.25) is 0 Å². The molecule has 28 heavy (non-hydrogen) atoms. The largest absolute Gasteiger partial charge is 0.460 e. The predicted molar refractivity (Wildman–Crippen MR) is 108 cm³/mol. The summed E-state index contributed by atoms with van der Waals surface area (Å²) in [4.78, 5) is 26.5. The van der Waals surface area contributed by atoms with Gasteiger partial charge in [-0.1, -0.05) is 30.3 Å². The molecule has 1 saturated heterocycles. The van der Waals surface area contributed by atoms with Gasteiger partial charge in [-0.05, 0) is 70.3 Å². The lowest BCUT2D eigenvalue weighted by Gasteiger charge is -2.45. The van der Waals surface area contributed by atoms with E-state index in [0.29, 0.717) is 6.61 Å². The smallest absolute Gasteiger partial charge is 0.410 e. The number of hydrogen-bond donors (Lipinski definition) is 0. The van der Waals surface area contributed by atoms with Crippen molar-refractivity contribution in [3.8, 4) is 0 Å². The highest BCUT2D eigenvalue weighted by Gasteiger charge is 2.41. The number of rotatable bonds is 3. The molecule has 1 aromatic rings. The van der Waals surface area contributed by atoms with Gasteiger partial charge >= 0.3 is 12.1 Å². The fraction of sp³-hybridized carbons (Fsp3) is 0.652.